The van der Waals surface area contributed by atoms with Crippen molar-refractivity contribution in [1.82, 2.24) is 10.2 Å². The number of carbonyl (C=O) groups is 1. The van der Waals surface area contributed by atoms with Gasteiger partial charge in [-0.05, 0) is 17.9 Å². The molecule has 4 heteroatoms. The molecule has 3 rings (SSSR count). The van der Waals surface area contributed by atoms with Crippen LogP contribution in [0.4, 0.5) is 0 Å². The number of hydrogen-bond acceptors (Lipinski definition) is 3. The first-order valence-electron chi connectivity index (χ1n) is 7.94. The van der Waals surface area contributed by atoms with Gasteiger partial charge in [-0.15, -0.1) is 0 Å². The molecule has 0 bridgehead atoms. The quantitative estimate of drug-likeness (QED) is 0.862. The van der Waals surface area contributed by atoms with E-state index in [0.29, 0.717) is 13.0 Å². The number of rotatable bonds is 5. The summed E-state index contributed by atoms with van der Waals surface area (Å²) in [6.45, 7) is 4.02. The number of amides is 1. The zero-order chi connectivity index (χ0) is 15.2. The number of nitrogens with one attached hydrogen (secondary N) is 1. The maximum absolute atomic E-state index is 12.1. The lowest BCUT2D eigenvalue weighted by Crippen LogP contribution is -2.46. The van der Waals surface area contributed by atoms with Gasteiger partial charge in [0.05, 0.1) is 6.61 Å². The maximum atomic E-state index is 12.1. The molecule has 2 aromatic rings. The average molecular weight is 298 g/mol. The van der Waals surface area contributed by atoms with Crippen LogP contribution in [-0.4, -0.2) is 43.6 Å². The van der Waals surface area contributed by atoms with Gasteiger partial charge >= 0.3 is 0 Å². The Bertz CT molecular complexity index is 631. The summed E-state index contributed by atoms with van der Waals surface area (Å²) < 4.78 is 5.87. The van der Waals surface area contributed by atoms with E-state index >= 15 is 0 Å². The van der Waals surface area contributed by atoms with Gasteiger partial charge in [0.15, 0.2) is 0 Å². The minimum Gasteiger partial charge on any atom is -0.493 e. The van der Waals surface area contributed by atoms with Crippen LogP contribution < -0.4 is 10.1 Å². The van der Waals surface area contributed by atoms with Gasteiger partial charge in [-0.2, -0.15) is 0 Å². The SMILES string of the molecule is O=C(CCCOc1cccc2ccccc12)N1CCNCC1. The molecule has 0 unspecified atom stereocenters. The number of hydrogen-bond donors (Lipinski definition) is 1. The lowest BCUT2D eigenvalue weighted by molar-refractivity contribution is -0.131. The Labute approximate surface area is 131 Å². The molecule has 0 aromatic heterocycles. The van der Waals surface area contributed by atoms with Gasteiger partial charge in [0, 0.05) is 38.0 Å². The van der Waals surface area contributed by atoms with Crippen LogP contribution in [0.15, 0.2) is 42.5 Å². The third-order valence-corrected chi connectivity index (χ3v) is 4.01. The van der Waals surface area contributed by atoms with Crippen LogP contribution in [0.2, 0.25) is 0 Å². The fourth-order valence-electron chi connectivity index (χ4n) is 2.80. The third kappa shape index (κ3) is 3.57. The number of piperazine rings is 1. The minimum absolute atomic E-state index is 0.239. The number of benzene rings is 2. The fourth-order valence-corrected chi connectivity index (χ4v) is 2.80. The summed E-state index contributed by atoms with van der Waals surface area (Å²) in [6, 6.07) is 14.3. The fraction of sp³-hybridized carbons (Fsp3) is 0.389. The van der Waals surface area contributed by atoms with Crippen molar-refractivity contribution in [2.75, 3.05) is 32.8 Å². The molecule has 4 nitrogen and oxygen atoms in total. The Hall–Kier alpha value is -2.07. The molecule has 1 fully saturated rings. The largest absolute Gasteiger partial charge is 0.493 e. The zero-order valence-electron chi connectivity index (χ0n) is 12.8. The van der Waals surface area contributed by atoms with Gasteiger partial charge in [0.1, 0.15) is 5.75 Å². The van der Waals surface area contributed by atoms with Crippen molar-refractivity contribution < 1.29 is 9.53 Å². The van der Waals surface area contributed by atoms with E-state index in [2.05, 4.69) is 23.5 Å². The highest BCUT2D eigenvalue weighted by molar-refractivity contribution is 5.88. The van der Waals surface area contributed by atoms with Gasteiger partial charge in [-0.1, -0.05) is 36.4 Å². The van der Waals surface area contributed by atoms with Crippen molar-refractivity contribution >= 4 is 16.7 Å². The lowest BCUT2D eigenvalue weighted by atomic mass is 10.1. The average Bonchev–Trinajstić information content (AvgIpc) is 2.59. The van der Waals surface area contributed by atoms with E-state index in [1.807, 2.05) is 29.2 Å². The number of nitrogens with zero attached hydrogens (tertiary/aromatic N) is 1. The van der Waals surface area contributed by atoms with Crippen molar-refractivity contribution in [1.29, 1.82) is 0 Å². The Morgan fingerprint density at radius 2 is 1.86 bits per heavy atom. The zero-order valence-corrected chi connectivity index (χ0v) is 12.8. The molecule has 1 heterocycles. The van der Waals surface area contributed by atoms with Crippen LogP contribution in [-0.2, 0) is 4.79 Å². The molecule has 0 saturated carbocycles. The summed E-state index contributed by atoms with van der Waals surface area (Å²) >= 11 is 0. The first-order chi connectivity index (χ1) is 10.8. The van der Waals surface area contributed by atoms with Gasteiger partial charge in [-0.25, -0.2) is 0 Å². The summed E-state index contributed by atoms with van der Waals surface area (Å²) in [4.78, 5) is 14.0. The second-order valence-corrected chi connectivity index (χ2v) is 5.56. The number of carbonyl (C=O) groups excluding carboxylic acids is 1. The molecule has 0 spiro atoms. The maximum Gasteiger partial charge on any atom is 0.222 e. The Morgan fingerprint density at radius 3 is 2.73 bits per heavy atom. The van der Waals surface area contributed by atoms with E-state index in [1.54, 1.807) is 0 Å². The molecule has 1 saturated heterocycles. The second-order valence-electron chi connectivity index (χ2n) is 5.56. The molecule has 1 aliphatic heterocycles. The van der Waals surface area contributed by atoms with E-state index in [0.717, 1.165) is 43.7 Å². The smallest absolute Gasteiger partial charge is 0.222 e. The molecule has 22 heavy (non-hydrogen) atoms. The van der Waals surface area contributed by atoms with Gasteiger partial charge < -0.3 is 15.0 Å². The number of ether oxygens (including phenoxy) is 1. The monoisotopic (exact) mass is 298 g/mol. The molecule has 0 radical (unpaired) electrons. The molecule has 1 N–H and O–H groups in total. The van der Waals surface area contributed by atoms with E-state index in [1.165, 1.54) is 5.39 Å². The second kappa shape index (κ2) is 7.27. The first kappa shape index (κ1) is 14.9. The molecule has 116 valence electrons. The van der Waals surface area contributed by atoms with Crippen molar-refractivity contribution in [3.63, 3.8) is 0 Å². The van der Waals surface area contributed by atoms with Crippen molar-refractivity contribution in [2.45, 2.75) is 12.8 Å². The van der Waals surface area contributed by atoms with Crippen molar-refractivity contribution in [3.8, 4) is 5.75 Å². The Morgan fingerprint density at radius 1 is 1.09 bits per heavy atom. The number of fused-ring (bicyclic) bond motifs is 1. The van der Waals surface area contributed by atoms with Crippen LogP contribution in [0.5, 0.6) is 5.75 Å². The van der Waals surface area contributed by atoms with Crippen molar-refractivity contribution in [2.24, 2.45) is 0 Å². The van der Waals surface area contributed by atoms with E-state index in [-0.39, 0.29) is 5.91 Å². The van der Waals surface area contributed by atoms with Crippen LogP contribution in [0.1, 0.15) is 12.8 Å². The summed E-state index contributed by atoms with van der Waals surface area (Å²) in [5.74, 6) is 1.13. The summed E-state index contributed by atoms with van der Waals surface area (Å²) in [6.07, 6.45) is 1.32. The minimum atomic E-state index is 0.239. The van der Waals surface area contributed by atoms with E-state index < -0.39 is 0 Å². The summed E-state index contributed by atoms with van der Waals surface area (Å²) in [5, 5.41) is 5.56. The Kier molecular flexibility index (Phi) is 4.91. The van der Waals surface area contributed by atoms with Crippen LogP contribution >= 0.6 is 0 Å². The van der Waals surface area contributed by atoms with Crippen molar-refractivity contribution in [3.05, 3.63) is 42.5 Å². The molecule has 2 aromatic carbocycles. The van der Waals surface area contributed by atoms with Gasteiger partial charge in [0.2, 0.25) is 5.91 Å². The molecule has 1 amide bonds. The summed E-state index contributed by atoms with van der Waals surface area (Å²) in [5.41, 5.74) is 0. The first-order valence-corrected chi connectivity index (χ1v) is 7.94. The lowest BCUT2D eigenvalue weighted by Gasteiger charge is -2.27. The van der Waals surface area contributed by atoms with Gasteiger partial charge in [-0.3, -0.25) is 4.79 Å². The normalized spacial score (nSPS) is 15.0. The van der Waals surface area contributed by atoms with Gasteiger partial charge in [0.25, 0.3) is 0 Å². The topological polar surface area (TPSA) is 41.6 Å². The third-order valence-electron chi connectivity index (χ3n) is 4.01. The standard InChI is InChI=1S/C18H22N2O2/c21-18(20-12-10-19-11-13-20)9-4-14-22-17-8-3-6-15-5-1-2-7-16(15)17/h1-3,5-8,19H,4,9-14H2. The van der Waals surface area contributed by atoms with E-state index in [4.69, 9.17) is 4.74 Å². The molecular formula is C18H22N2O2. The molecular weight excluding hydrogens is 276 g/mol. The van der Waals surface area contributed by atoms with Crippen LogP contribution in [0.3, 0.4) is 0 Å². The van der Waals surface area contributed by atoms with E-state index in [9.17, 15) is 4.79 Å². The Balaban J connectivity index is 1.49. The predicted octanol–water partition coefficient (Wildman–Crippen LogP) is 2.43. The predicted molar refractivity (Wildman–Crippen MR) is 88.1 cm³/mol. The summed E-state index contributed by atoms with van der Waals surface area (Å²) in [7, 11) is 0. The highest BCUT2D eigenvalue weighted by Crippen LogP contribution is 2.25. The molecule has 0 atom stereocenters. The molecule has 1 aliphatic rings. The highest BCUT2D eigenvalue weighted by atomic mass is 16.5. The van der Waals surface area contributed by atoms with Crippen LogP contribution in [0, 0.1) is 0 Å². The highest BCUT2D eigenvalue weighted by Gasteiger charge is 2.15. The van der Waals surface area contributed by atoms with Crippen LogP contribution in [0.25, 0.3) is 10.8 Å². The molecule has 0 aliphatic carbocycles.